The summed E-state index contributed by atoms with van der Waals surface area (Å²) in [5.74, 6) is -0.333. The Bertz CT molecular complexity index is 1030. The predicted molar refractivity (Wildman–Crippen MR) is 105 cm³/mol. The molecular weight excluding hydrogens is 368 g/mol. The van der Waals surface area contributed by atoms with Crippen LogP contribution >= 0.6 is 11.3 Å². The van der Waals surface area contributed by atoms with Gasteiger partial charge in [0, 0.05) is 18.1 Å². The molecule has 134 valence electrons. The number of benzene rings is 2. The molecule has 0 saturated carbocycles. The number of sulfonamides is 1. The molecule has 0 saturated heterocycles. The molecule has 0 fully saturated rings. The first-order valence-electron chi connectivity index (χ1n) is 7.88. The maximum absolute atomic E-state index is 12.8. The summed E-state index contributed by atoms with van der Waals surface area (Å²) in [4.78, 5) is 12.8. The van der Waals surface area contributed by atoms with Crippen molar-refractivity contribution in [1.29, 1.82) is 0 Å². The molecule has 0 aliphatic heterocycles. The molecule has 0 atom stereocenters. The largest absolute Gasteiger partial charge is 0.321 e. The summed E-state index contributed by atoms with van der Waals surface area (Å²) >= 11 is 1.10. The van der Waals surface area contributed by atoms with E-state index in [1.54, 1.807) is 24.3 Å². The topological polar surface area (TPSA) is 66.5 Å². The zero-order chi connectivity index (χ0) is 18.7. The Morgan fingerprint density at radius 1 is 1.04 bits per heavy atom. The van der Waals surface area contributed by atoms with Gasteiger partial charge >= 0.3 is 0 Å². The van der Waals surface area contributed by atoms with Crippen molar-refractivity contribution in [3.05, 3.63) is 76.5 Å². The fourth-order valence-corrected chi connectivity index (χ4v) is 4.75. The summed E-state index contributed by atoms with van der Waals surface area (Å²) in [7, 11) is -2.23. The van der Waals surface area contributed by atoms with E-state index in [0.29, 0.717) is 16.3 Å². The normalized spacial score (nSPS) is 11.2. The standard InChI is InChI=1S/C19H18N2O3S2/c1-14-7-6-10-16(11-14)21(2)26(23,24)17-12-18(25-13-17)19(22)20-15-8-4-3-5-9-15/h3-13H,1-2H3,(H,20,22). The van der Waals surface area contributed by atoms with Crippen LogP contribution in [0.3, 0.4) is 0 Å². The molecule has 7 heteroatoms. The smallest absolute Gasteiger partial charge is 0.265 e. The molecule has 1 aromatic heterocycles. The monoisotopic (exact) mass is 386 g/mol. The molecule has 0 unspecified atom stereocenters. The molecule has 0 bridgehead atoms. The van der Waals surface area contributed by atoms with Crippen LogP contribution in [0.1, 0.15) is 15.2 Å². The molecule has 1 amide bonds. The van der Waals surface area contributed by atoms with Gasteiger partial charge in [-0.2, -0.15) is 0 Å². The fourth-order valence-electron chi connectivity index (χ4n) is 2.41. The van der Waals surface area contributed by atoms with Gasteiger partial charge in [0.2, 0.25) is 0 Å². The average molecular weight is 386 g/mol. The highest BCUT2D eigenvalue weighted by Gasteiger charge is 2.24. The van der Waals surface area contributed by atoms with E-state index in [4.69, 9.17) is 0 Å². The van der Waals surface area contributed by atoms with Gasteiger partial charge < -0.3 is 5.32 Å². The molecule has 1 heterocycles. The average Bonchev–Trinajstić information content (AvgIpc) is 3.13. The number of nitrogens with zero attached hydrogens (tertiary/aromatic N) is 1. The second-order valence-corrected chi connectivity index (χ2v) is 8.66. The summed E-state index contributed by atoms with van der Waals surface area (Å²) in [6.07, 6.45) is 0. The third kappa shape index (κ3) is 3.79. The Balaban J connectivity index is 1.83. The van der Waals surface area contributed by atoms with Crippen molar-refractivity contribution in [2.45, 2.75) is 11.8 Å². The highest BCUT2D eigenvalue weighted by molar-refractivity contribution is 7.93. The van der Waals surface area contributed by atoms with Crippen LogP contribution in [0.5, 0.6) is 0 Å². The van der Waals surface area contributed by atoms with Crippen molar-refractivity contribution >= 4 is 38.6 Å². The lowest BCUT2D eigenvalue weighted by Crippen LogP contribution is -2.26. The quantitative estimate of drug-likeness (QED) is 0.717. The van der Waals surface area contributed by atoms with E-state index in [1.165, 1.54) is 22.8 Å². The first-order valence-corrected chi connectivity index (χ1v) is 10.2. The maximum Gasteiger partial charge on any atom is 0.265 e. The minimum absolute atomic E-state index is 0.102. The van der Waals surface area contributed by atoms with E-state index in [2.05, 4.69) is 5.32 Å². The third-order valence-corrected chi connectivity index (χ3v) is 6.70. The van der Waals surface area contributed by atoms with Crippen molar-refractivity contribution in [3.63, 3.8) is 0 Å². The molecule has 5 nitrogen and oxygen atoms in total. The molecule has 3 rings (SSSR count). The van der Waals surface area contributed by atoms with Gasteiger partial charge in [-0.05, 0) is 42.8 Å². The second kappa shape index (κ2) is 7.31. The highest BCUT2D eigenvalue weighted by atomic mass is 32.2. The summed E-state index contributed by atoms with van der Waals surface area (Å²) < 4.78 is 26.9. The van der Waals surface area contributed by atoms with Crippen molar-refractivity contribution < 1.29 is 13.2 Å². The molecule has 3 aromatic rings. The van der Waals surface area contributed by atoms with Crippen LogP contribution in [-0.4, -0.2) is 21.4 Å². The minimum atomic E-state index is -3.73. The first kappa shape index (κ1) is 18.2. The molecule has 0 spiro atoms. The van der Waals surface area contributed by atoms with Crippen molar-refractivity contribution in [3.8, 4) is 0 Å². The number of aryl methyl sites for hydroxylation is 1. The van der Waals surface area contributed by atoms with Gasteiger partial charge in [0.25, 0.3) is 15.9 Å². The van der Waals surface area contributed by atoms with E-state index >= 15 is 0 Å². The van der Waals surface area contributed by atoms with Crippen LogP contribution in [0.25, 0.3) is 0 Å². The van der Waals surface area contributed by atoms with Gasteiger partial charge in [-0.1, -0.05) is 30.3 Å². The van der Waals surface area contributed by atoms with Gasteiger partial charge in [-0.15, -0.1) is 11.3 Å². The molecule has 0 radical (unpaired) electrons. The molecule has 26 heavy (non-hydrogen) atoms. The van der Waals surface area contributed by atoms with Gasteiger partial charge in [0.05, 0.1) is 15.5 Å². The van der Waals surface area contributed by atoms with Crippen LogP contribution < -0.4 is 9.62 Å². The summed E-state index contributed by atoms with van der Waals surface area (Å²) in [5.41, 5.74) is 2.21. The zero-order valence-corrected chi connectivity index (χ0v) is 16.0. The number of amides is 1. The number of para-hydroxylation sites is 1. The molecule has 0 aliphatic carbocycles. The number of hydrogen-bond acceptors (Lipinski definition) is 4. The number of nitrogens with one attached hydrogen (secondary N) is 1. The summed E-state index contributed by atoms with van der Waals surface area (Å²) in [5, 5.41) is 4.24. The van der Waals surface area contributed by atoms with Crippen molar-refractivity contribution in [2.75, 3.05) is 16.7 Å². The highest BCUT2D eigenvalue weighted by Crippen LogP contribution is 2.26. The third-order valence-electron chi connectivity index (χ3n) is 3.85. The van der Waals surface area contributed by atoms with E-state index in [0.717, 1.165) is 16.9 Å². The van der Waals surface area contributed by atoms with Crippen LogP contribution in [-0.2, 0) is 10.0 Å². The summed E-state index contributed by atoms with van der Waals surface area (Å²) in [6.45, 7) is 1.90. The van der Waals surface area contributed by atoms with Crippen molar-refractivity contribution in [2.24, 2.45) is 0 Å². The number of rotatable bonds is 5. The lowest BCUT2D eigenvalue weighted by molar-refractivity contribution is 0.103. The molecular formula is C19H18N2O3S2. The van der Waals surface area contributed by atoms with Crippen LogP contribution in [0.15, 0.2) is 70.9 Å². The SMILES string of the molecule is Cc1cccc(N(C)S(=O)(=O)c2csc(C(=O)Nc3ccccc3)c2)c1. The summed E-state index contributed by atoms with van der Waals surface area (Å²) in [6, 6.07) is 17.7. The van der Waals surface area contributed by atoms with Gasteiger partial charge in [0.1, 0.15) is 0 Å². The van der Waals surface area contributed by atoms with Crippen LogP contribution in [0, 0.1) is 6.92 Å². The van der Waals surface area contributed by atoms with E-state index in [1.807, 2.05) is 37.3 Å². The van der Waals surface area contributed by atoms with E-state index in [-0.39, 0.29) is 10.8 Å². The van der Waals surface area contributed by atoms with Crippen LogP contribution in [0.2, 0.25) is 0 Å². The minimum Gasteiger partial charge on any atom is -0.321 e. The van der Waals surface area contributed by atoms with Crippen molar-refractivity contribution in [1.82, 2.24) is 0 Å². The van der Waals surface area contributed by atoms with E-state index in [9.17, 15) is 13.2 Å². The Morgan fingerprint density at radius 3 is 2.46 bits per heavy atom. The lowest BCUT2D eigenvalue weighted by Gasteiger charge is -2.19. The molecule has 1 N–H and O–H groups in total. The Labute approximate surface area is 157 Å². The predicted octanol–water partition coefficient (Wildman–Crippen LogP) is 4.13. The van der Waals surface area contributed by atoms with E-state index < -0.39 is 10.0 Å². The van der Waals surface area contributed by atoms with Gasteiger partial charge in [-0.25, -0.2) is 8.42 Å². The first-order chi connectivity index (χ1) is 12.4. The fraction of sp³-hybridized carbons (Fsp3) is 0.105. The maximum atomic E-state index is 12.8. The lowest BCUT2D eigenvalue weighted by atomic mass is 10.2. The number of thiophene rings is 1. The van der Waals surface area contributed by atoms with Gasteiger partial charge in [-0.3, -0.25) is 9.10 Å². The Hall–Kier alpha value is -2.64. The van der Waals surface area contributed by atoms with Gasteiger partial charge in [0.15, 0.2) is 0 Å². The molecule has 2 aromatic carbocycles. The number of hydrogen-bond donors (Lipinski definition) is 1. The number of carbonyl (C=O) groups is 1. The molecule has 0 aliphatic rings. The number of carbonyl (C=O) groups excluding carboxylic acids is 1. The number of anilines is 2. The Kier molecular flexibility index (Phi) is 5.11. The van der Waals surface area contributed by atoms with Crippen LogP contribution in [0.4, 0.5) is 11.4 Å². The Morgan fingerprint density at radius 2 is 1.77 bits per heavy atom. The second-order valence-electron chi connectivity index (χ2n) is 5.78. The zero-order valence-electron chi connectivity index (χ0n) is 14.3.